The van der Waals surface area contributed by atoms with Crippen molar-refractivity contribution in [2.45, 2.75) is 13.1 Å². The summed E-state index contributed by atoms with van der Waals surface area (Å²) < 4.78 is 37.6. The van der Waals surface area contributed by atoms with Crippen molar-refractivity contribution in [1.82, 2.24) is 9.38 Å². The van der Waals surface area contributed by atoms with Crippen molar-refractivity contribution in [2.75, 3.05) is 5.32 Å². The Hall–Kier alpha value is -2.38. The lowest BCUT2D eigenvalue weighted by atomic mass is 10.2. The molecule has 0 spiro atoms. The molecular formula is C11H8F3N3O2. The van der Waals surface area contributed by atoms with Gasteiger partial charge in [-0.1, -0.05) is 0 Å². The van der Waals surface area contributed by atoms with Gasteiger partial charge in [-0.05, 0) is 19.1 Å². The molecule has 1 N–H and O–H groups in total. The molecule has 0 radical (unpaired) electrons. The van der Waals surface area contributed by atoms with Gasteiger partial charge in [0, 0.05) is 11.8 Å². The zero-order valence-electron chi connectivity index (χ0n) is 9.65. The molecule has 100 valence electrons. The minimum absolute atomic E-state index is 0.184. The molecule has 0 saturated heterocycles. The number of aromatic nitrogens is 2. The molecule has 0 aliphatic carbocycles. The van der Waals surface area contributed by atoms with Crippen LogP contribution in [-0.4, -0.2) is 27.3 Å². The number of amides is 1. The molecule has 0 atom stereocenters. The highest BCUT2D eigenvalue weighted by Crippen LogP contribution is 2.18. The van der Waals surface area contributed by atoms with Crippen molar-refractivity contribution in [1.29, 1.82) is 0 Å². The number of Topliss-reactive ketones (excluding diaryl/α,β-unsaturated/α-hetero) is 1. The van der Waals surface area contributed by atoms with E-state index >= 15 is 0 Å². The van der Waals surface area contributed by atoms with E-state index in [0.29, 0.717) is 11.2 Å². The summed E-state index contributed by atoms with van der Waals surface area (Å²) in [7, 11) is 0. The van der Waals surface area contributed by atoms with Crippen LogP contribution in [-0.2, 0) is 4.79 Å². The third kappa shape index (κ3) is 2.72. The second-order valence-electron chi connectivity index (χ2n) is 3.82. The molecule has 0 fully saturated rings. The summed E-state index contributed by atoms with van der Waals surface area (Å²) in [4.78, 5) is 25.7. The van der Waals surface area contributed by atoms with Crippen LogP contribution in [0.5, 0.6) is 0 Å². The number of rotatable bonds is 2. The number of nitrogens with one attached hydrogen (secondary N) is 1. The Morgan fingerprint density at radius 2 is 1.95 bits per heavy atom. The molecule has 0 unspecified atom stereocenters. The highest BCUT2D eigenvalue weighted by atomic mass is 19.4. The quantitative estimate of drug-likeness (QED) is 0.850. The zero-order chi connectivity index (χ0) is 14.2. The van der Waals surface area contributed by atoms with E-state index < -0.39 is 12.1 Å². The normalized spacial score (nSPS) is 11.6. The summed E-state index contributed by atoms with van der Waals surface area (Å²) in [5, 5.41) is 1.64. The number of nitrogens with zero attached hydrogens (tertiary/aromatic N) is 2. The lowest BCUT2D eigenvalue weighted by molar-refractivity contribution is -0.167. The van der Waals surface area contributed by atoms with Crippen LogP contribution in [0.25, 0.3) is 5.65 Å². The van der Waals surface area contributed by atoms with Gasteiger partial charge in [-0.2, -0.15) is 13.2 Å². The summed E-state index contributed by atoms with van der Waals surface area (Å²) in [6, 6.07) is 2.97. The number of halogens is 3. The molecule has 0 bridgehead atoms. The molecule has 1 amide bonds. The highest BCUT2D eigenvalue weighted by molar-refractivity contribution is 5.95. The summed E-state index contributed by atoms with van der Waals surface area (Å²) in [6.07, 6.45) is -2.35. The van der Waals surface area contributed by atoms with Gasteiger partial charge in [0.1, 0.15) is 5.65 Å². The Bertz CT molecular complexity index is 661. The fourth-order valence-electron chi connectivity index (χ4n) is 1.45. The van der Waals surface area contributed by atoms with Crippen LogP contribution >= 0.6 is 0 Å². The molecule has 8 heteroatoms. The van der Waals surface area contributed by atoms with E-state index in [1.165, 1.54) is 35.9 Å². The molecule has 5 nitrogen and oxygen atoms in total. The third-order valence-corrected chi connectivity index (χ3v) is 2.36. The third-order valence-electron chi connectivity index (χ3n) is 2.36. The molecule has 2 aromatic heterocycles. The number of carbonyl (C=O) groups excluding carboxylic acids is 2. The van der Waals surface area contributed by atoms with Gasteiger partial charge in [-0.3, -0.25) is 9.59 Å². The Balaban J connectivity index is 2.32. The monoisotopic (exact) mass is 271 g/mol. The molecule has 2 rings (SSSR count). The minimum Gasteiger partial charge on any atom is -0.304 e. The van der Waals surface area contributed by atoms with Gasteiger partial charge >= 0.3 is 12.1 Å². The molecular weight excluding hydrogens is 263 g/mol. The van der Waals surface area contributed by atoms with E-state index in [1.54, 1.807) is 5.32 Å². The number of ketones is 1. The fraction of sp³-hybridized carbons (Fsp3) is 0.182. The standard InChI is InChI=1S/C11H8F3N3O2/c1-6(18)7-2-3-9-15-8(5-17(9)4-7)16-10(19)11(12,13)14/h2-5H,1H3,(H,16,19). The minimum atomic E-state index is -4.97. The number of imidazole rings is 1. The van der Waals surface area contributed by atoms with Crippen molar-refractivity contribution >= 4 is 23.2 Å². The van der Waals surface area contributed by atoms with Crippen molar-refractivity contribution < 1.29 is 22.8 Å². The number of alkyl halides is 3. The first-order chi connectivity index (χ1) is 8.77. The van der Waals surface area contributed by atoms with Gasteiger partial charge in [0.25, 0.3) is 0 Å². The molecule has 0 aromatic carbocycles. The van der Waals surface area contributed by atoms with Crippen molar-refractivity contribution in [3.63, 3.8) is 0 Å². The van der Waals surface area contributed by atoms with E-state index in [4.69, 9.17) is 0 Å². The Morgan fingerprint density at radius 1 is 1.26 bits per heavy atom. The second kappa shape index (κ2) is 4.38. The number of fused-ring (bicyclic) bond motifs is 1. The van der Waals surface area contributed by atoms with Crippen LogP contribution in [0, 0.1) is 0 Å². The number of hydrogen-bond donors (Lipinski definition) is 1. The molecule has 19 heavy (non-hydrogen) atoms. The Morgan fingerprint density at radius 3 is 2.53 bits per heavy atom. The van der Waals surface area contributed by atoms with E-state index in [0.717, 1.165) is 0 Å². The topological polar surface area (TPSA) is 63.5 Å². The smallest absolute Gasteiger partial charge is 0.304 e. The highest BCUT2D eigenvalue weighted by Gasteiger charge is 2.39. The van der Waals surface area contributed by atoms with Crippen LogP contribution in [0.4, 0.5) is 19.0 Å². The van der Waals surface area contributed by atoms with E-state index in [-0.39, 0.29) is 11.6 Å². The van der Waals surface area contributed by atoms with Crippen molar-refractivity contribution in [3.8, 4) is 0 Å². The summed E-state index contributed by atoms with van der Waals surface area (Å²) in [5.41, 5.74) is 0.709. The number of hydrogen-bond acceptors (Lipinski definition) is 3. The summed E-state index contributed by atoms with van der Waals surface area (Å²) >= 11 is 0. The van der Waals surface area contributed by atoms with Gasteiger partial charge in [0.15, 0.2) is 11.6 Å². The molecule has 0 aliphatic heterocycles. The predicted octanol–water partition coefficient (Wildman–Crippen LogP) is 2.04. The van der Waals surface area contributed by atoms with Crippen molar-refractivity contribution in [2.24, 2.45) is 0 Å². The van der Waals surface area contributed by atoms with Crippen LogP contribution < -0.4 is 5.32 Å². The SMILES string of the molecule is CC(=O)c1ccc2nc(NC(=O)C(F)(F)F)cn2c1. The van der Waals surface area contributed by atoms with Crippen LogP contribution in [0.2, 0.25) is 0 Å². The number of carbonyl (C=O) groups is 2. The first kappa shape index (κ1) is 13.1. The number of anilines is 1. The zero-order valence-corrected chi connectivity index (χ0v) is 9.65. The average Bonchev–Trinajstić information content (AvgIpc) is 2.68. The second-order valence-corrected chi connectivity index (χ2v) is 3.82. The van der Waals surface area contributed by atoms with Crippen LogP contribution in [0.3, 0.4) is 0 Å². The largest absolute Gasteiger partial charge is 0.471 e. The van der Waals surface area contributed by atoms with Gasteiger partial charge in [-0.25, -0.2) is 4.98 Å². The Labute approximate surface area is 105 Å². The Kier molecular flexibility index (Phi) is 3.01. The maximum absolute atomic E-state index is 12.1. The first-order valence-corrected chi connectivity index (χ1v) is 5.15. The van der Waals surface area contributed by atoms with Crippen LogP contribution in [0.1, 0.15) is 17.3 Å². The maximum Gasteiger partial charge on any atom is 0.471 e. The molecule has 2 aromatic rings. The fourth-order valence-corrected chi connectivity index (χ4v) is 1.45. The van der Waals surface area contributed by atoms with Gasteiger partial charge in [0.05, 0.1) is 6.20 Å². The summed E-state index contributed by atoms with van der Waals surface area (Å²) in [6.45, 7) is 1.37. The maximum atomic E-state index is 12.1. The molecule has 0 aliphatic rings. The first-order valence-electron chi connectivity index (χ1n) is 5.15. The molecule has 0 saturated carbocycles. The number of pyridine rings is 1. The summed E-state index contributed by atoms with van der Waals surface area (Å²) in [5.74, 6) is -2.51. The average molecular weight is 271 g/mol. The van der Waals surface area contributed by atoms with Gasteiger partial charge < -0.3 is 9.72 Å². The predicted molar refractivity (Wildman–Crippen MR) is 59.9 cm³/mol. The van der Waals surface area contributed by atoms with Gasteiger partial charge in [-0.15, -0.1) is 0 Å². The lowest BCUT2D eigenvalue weighted by Gasteiger charge is -2.04. The van der Waals surface area contributed by atoms with Crippen molar-refractivity contribution in [3.05, 3.63) is 30.1 Å². The van der Waals surface area contributed by atoms with Crippen LogP contribution in [0.15, 0.2) is 24.5 Å². The van der Waals surface area contributed by atoms with E-state index in [9.17, 15) is 22.8 Å². The van der Waals surface area contributed by atoms with E-state index in [2.05, 4.69) is 4.98 Å². The molecule has 2 heterocycles. The lowest BCUT2D eigenvalue weighted by Crippen LogP contribution is -2.30. The van der Waals surface area contributed by atoms with Gasteiger partial charge in [0.2, 0.25) is 0 Å². The van der Waals surface area contributed by atoms with E-state index in [1.807, 2.05) is 0 Å².